The minimum absolute atomic E-state index is 0.00241. The van der Waals surface area contributed by atoms with E-state index in [9.17, 15) is 14.1 Å². The van der Waals surface area contributed by atoms with Gasteiger partial charge in [0.2, 0.25) is 0 Å². The monoisotopic (exact) mass is 302 g/mol. The van der Waals surface area contributed by atoms with E-state index in [1.54, 1.807) is 0 Å². The highest BCUT2D eigenvalue weighted by Gasteiger charge is 2.32. The number of hydrogen-bond donors (Lipinski definition) is 3. The van der Waals surface area contributed by atoms with Gasteiger partial charge in [0.05, 0.1) is 11.4 Å². The molecule has 2 rings (SSSR count). The smallest absolute Gasteiger partial charge is 0.315 e. The summed E-state index contributed by atoms with van der Waals surface area (Å²) in [5.41, 5.74) is 0. The highest BCUT2D eigenvalue weighted by molar-refractivity contribution is 7.85. The quantitative estimate of drug-likeness (QED) is 0.688. The number of carbonyl (C=O) groups is 1. The first-order chi connectivity index (χ1) is 9.61. The molecule has 2 saturated carbocycles. The topological polar surface area (TPSA) is 78.4 Å². The summed E-state index contributed by atoms with van der Waals surface area (Å²) in [6, 6.07) is -0.239. The summed E-state index contributed by atoms with van der Waals surface area (Å²) in [5, 5.41) is 15.5. The third-order valence-corrected chi connectivity index (χ3v) is 6.09. The van der Waals surface area contributed by atoms with Crippen LogP contribution >= 0.6 is 0 Å². The Morgan fingerprint density at radius 1 is 1.30 bits per heavy atom. The van der Waals surface area contributed by atoms with Gasteiger partial charge in [0, 0.05) is 29.1 Å². The van der Waals surface area contributed by atoms with Crippen molar-refractivity contribution in [2.45, 2.75) is 62.8 Å². The molecular formula is C14H26N2O3S. The molecule has 20 heavy (non-hydrogen) atoms. The van der Waals surface area contributed by atoms with Gasteiger partial charge in [-0.3, -0.25) is 4.21 Å². The lowest BCUT2D eigenvalue weighted by Crippen LogP contribution is -2.51. The summed E-state index contributed by atoms with van der Waals surface area (Å²) in [6.07, 6.45) is 5.69. The lowest BCUT2D eigenvalue weighted by molar-refractivity contribution is 0.148. The first-order valence-corrected chi connectivity index (χ1v) is 9.09. The zero-order chi connectivity index (χ0) is 14.5. The molecule has 0 spiro atoms. The maximum absolute atomic E-state index is 12.0. The summed E-state index contributed by atoms with van der Waals surface area (Å²) in [7, 11) is -0.862. The van der Waals surface area contributed by atoms with E-state index in [1.165, 1.54) is 0 Å². The predicted octanol–water partition coefficient (Wildman–Crippen LogP) is 1.14. The maximum Gasteiger partial charge on any atom is 0.315 e. The number of carbonyl (C=O) groups excluding carboxylic acids is 1. The molecule has 0 aromatic rings. The fourth-order valence-electron chi connectivity index (χ4n) is 2.86. The van der Waals surface area contributed by atoms with Crippen LogP contribution in [0, 0.1) is 5.92 Å². The fraction of sp³-hybridized carbons (Fsp3) is 0.929. The van der Waals surface area contributed by atoms with E-state index in [4.69, 9.17) is 0 Å². The summed E-state index contributed by atoms with van der Waals surface area (Å²) in [4.78, 5) is 11.9. The maximum atomic E-state index is 12.0. The van der Waals surface area contributed by atoms with Crippen molar-refractivity contribution in [2.24, 2.45) is 5.92 Å². The van der Waals surface area contributed by atoms with Crippen LogP contribution in [0.15, 0.2) is 0 Å². The Morgan fingerprint density at radius 2 is 2.00 bits per heavy atom. The Balaban J connectivity index is 1.76. The molecular weight excluding hydrogens is 276 g/mol. The zero-order valence-electron chi connectivity index (χ0n) is 12.1. The Morgan fingerprint density at radius 3 is 2.65 bits per heavy atom. The Bertz CT molecular complexity index is 360. The number of nitrogens with one attached hydrogen (secondary N) is 2. The van der Waals surface area contributed by atoms with E-state index in [0.717, 1.165) is 38.5 Å². The standard InChI is InChI=1S/C14H26N2O3S/c1-2-20(19)13-6-4-3-5-11(13)16-14(18)15-9-12(17)10-7-8-10/h10-13,17H,2-9H2,1H3,(H2,15,16,18)/t11-,12-,13+,20+/m0/s1. The summed E-state index contributed by atoms with van der Waals surface area (Å²) in [6.45, 7) is 2.23. The number of urea groups is 1. The molecule has 0 aliphatic heterocycles. The van der Waals surface area contributed by atoms with Gasteiger partial charge in [0.15, 0.2) is 0 Å². The van der Waals surface area contributed by atoms with E-state index in [-0.39, 0.29) is 17.3 Å². The first kappa shape index (κ1) is 15.8. The average Bonchev–Trinajstić information content (AvgIpc) is 3.29. The van der Waals surface area contributed by atoms with Gasteiger partial charge in [-0.05, 0) is 31.6 Å². The molecule has 2 fully saturated rings. The van der Waals surface area contributed by atoms with E-state index in [2.05, 4.69) is 10.6 Å². The van der Waals surface area contributed by atoms with E-state index >= 15 is 0 Å². The summed E-state index contributed by atoms with van der Waals surface area (Å²) in [5.74, 6) is 1.01. The average molecular weight is 302 g/mol. The van der Waals surface area contributed by atoms with Crippen molar-refractivity contribution in [2.75, 3.05) is 12.3 Å². The largest absolute Gasteiger partial charge is 0.391 e. The molecule has 0 aromatic heterocycles. The van der Waals surface area contributed by atoms with Crippen LogP contribution in [-0.4, -0.2) is 45.0 Å². The van der Waals surface area contributed by atoms with E-state index in [1.807, 2.05) is 6.92 Å². The van der Waals surface area contributed by atoms with Crippen molar-refractivity contribution in [1.82, 2.24) is 10.6 Å². The zero-order valence-corrected chi connectivity index (χ0v) is 13.0. The van der Waals surface area contributed by atoms with Gasteiger partial charge in [-0.15, -0.1) is 0 Å². The van der Waals surface area contributed by atoms with Gasteiger partial charge >= 0.3 is 6.03 Å². The SMILES string of the molecule is CC[S@@](=O)[C@@H]1CCCC[C@@H]1NC(=O)NC[C@H](O)C1CC1. The minimum atomic E-state index is -0.862. The minimum Gasteiger partial charge on any atom is -0.391 e. The molecule has 0 bridgehead atoms. The molecule has 0 saturated heterocycles. The summed E-state index contributed by atoms with van der Waals surface area (Å²) >= 11 is 0. The van der Waals surface area contributed by atoms with Gasteiger partial charge in [-0.25, -0.2) is 4.79 Å². The lowest BCUT2D eigenvalue weighted by Gasteiger charge is -2.31. The third kappa shape index (κ3) is 4.45. The molecule has 2 aliphatic rings. The molecule has 0 aromatic carbocycles. The second-order valence-corrected chi connectivity index (χ2v) is 7.80. The second-order valence-electron chi connectivity index (χ2n) is 5.86. The Hall–Kier alpha value is -0.620. The molecule has 5 nitrogen and oxygen atoms in total. The number of rotatable bonds is 6. The molecule has 116 valence electrons. The van der Waals surface area contributed by atoms with Crippen molar-refractivity contribution in [1.29, 1.82) is 0 Å². The Kier molecular flexibility index (Phi) is 5.84. The van der Waals surface area contributed by atoms with Crippen LogP contribution in [0.25, 0.3) is 0 Å². The number of aliphatic hydroxyl groups excluding tert-OH is 1. The van der Waals surface area contributed by atoms with Crippen LogP contribution in [0.3, 0.4) is 0 Å². The second kappa shape index (κ2) is 7.41. The van der Waals surface area contributed by atoms with Crippen LogP contribution in [-0.2, 0) is 10.8 Å². The molecule has 2 amide bonds. The normalized spacial score (nSPS) is 29.5. The van der Waals surface area contributed by atoms with E-state index in [0.29, 0.717) is 18.2 Å². The van der Waals surface area contributed by atoms with Gasteiger partial charge in [-0.1, -0.05) is 19.8 Å². The van der Waals surface area contributed by atoms with Crippen molar-refractivity contribution >= 4 is 16.8 Å². The van der Waals surface area contributed by atoms with Crippen molar-refractivity contribution in [3.05, 3.63) is 0 Å². The number of aliphatic hydroxyl groups is 1. The van der Waals surface area contributed by atoms with Crippen LogP contribution in [0.4, 0.5) is 4.79 Å². The van der Waals surface area contributed by atoms with Crippen LogP contribution < -0.4 is 10.6 Å². The van der Waals surface area contributed by atoms with Crippen LogP contribution in [0.5, 0.6) is 0 Å². The highest BCUT2D eigenvalue weighted by Crippen LogP contribution is 2.32. The van der Waals surface area contributed by atoms with E-state index < -0.39 is 16.9 Å². The van der Waals surface area contributed by atoms with Crippen LogP contribution in [0.1, 0.15) is 45.4 Å². The first-order valence-electron chi connectivity index (χ1n) is 7.71. The highest BCUT2D eigenvalue weighted by atomic mass is 32.2. The molecule has 3 N–H and O–H groups in total. The number of hydrogen-bond acceptors (Lipinski definition) is 3. The van der Waals surface area contributed by atoms with Crippen molar-refractivity contribution in [3.8, 4) is 0 Å². The summed E-state index contributed by atoms with van der Waals surface area (Å²) < 4.78 is 12.0. The molecule has 0 heterocycles. The predicted molar refractivity (Wildman–Crippen MR) is 80.0 cm³/mol. The molecule has 2 aliphatic carbocycles. The molecule has 0 unspecified atom stereocenters. The Labute approximate surface area is 123 Å². The fourth-order valence-corrected chi connectivity index (χ4v) is 4.28. The van der Waals surface area contributed by atoms with Gasteiger partial charge < -0.3 is 15.7 Å². The lowest BCUT2D eigenvalue weighted by atomic mass is 9.95. The van der Waals surface area contributed by atoms with Gasteiger partial charge in [-0.2, -0.15) is 0 Å². The molecule has 4 atom stereocenters. The molecule has 0 radical (unpaired) electrons. The van der Waals surface area contributed by atoms with Gasteiger partial charge in [0.25, 0.3) is 0 Å². The van der Waals surface area contributed by atoms with Crippen LogP contribution in [0.2, 0.25) is 0 Å². The van der Waals surface area contributed by atoms with Crippen molar-refractivity contribution in [3.63, 3.8) is 0 Å². The van der Waals surface area contributed by atoms with Gasteiger partial charge in [0.1, 0.15) is 0 Å². The third-order valence-electron chi connectivity index (χ3n) is 4.28. The number of amides is 2. The molecule has 6 heteroatoms. The van der Waals surface area contributed by atoms with Crippen molar-refractivity contribution < 1.29 is 14.1 Å².